The van der Waals surface area contributed by atoms with Gasteiger partial charge in [-0.25, -0.2) is 9.19 Å². The van der Waals surface area contributed by atoms with E-state index in [0.29, 0.717) is 16.8 Å². The summed E-state index contributed by atoms with van der Waals surface area (Å²) in [6, 6.07) is 13.3. The number of para-hydroxylation sites is 1. The minimum Gasteiger partial charge on any atom is -0.389 e. The van der Waals surface area contributed by atoms with Crippen LogP contribution in [-0.4, -0.2) is 67.7 Å². The molecule has 1 aromatic carbocycles. The molecule has 1 aliphatic heterocycles. The summed E-state index contributed by atoms with van der Waals surface area (Å²) in [5.41, 5.74) is 1.91. The van der Waals surface area contributed by atoms with Gasteiger partial charge in [0.25, 0.3) is 0 Å². The fraction of sp³-hybridized carbons (Fsp3) is 0.348. The van der Waals surface area contributed by atoms with Crippen LogP contribution in [-0.2, 0) is 9.71 Å². The predicted molar refractivity (Wildman–Crippen MR) is 136 cm³/mol. The van der Waals surface area contributed by atoms with Crippen LogP contribution in [0.5, 0.6) is 0 Å². The highest BCUT2D eigenvalue weighted by Crippen LogP contribution is 2.32. The van der Waals surface area contributed by atoms with Crippen LogP contribution in [0.15, 0.2) is 58.7 Å². The minimum atomic E-state index is -2.79. The molecule has 0 bridgehead atoms. The first kappa shape index (κ1) is 22.8. The predicted octanol–water partition coefficient (Wildman–Crippen LogP) is 2.91. The Kier molecular flexibility index (Phi) is 6.35. The lowest BCUT2D eigenvalue weighted by atomic mass is 10.1. The minimum absolute atomic E-state index is 0.323. The SMILES string of the molecule is C=S(=O)(c1ccccn1)N(C)c1cccc2cc(C3=NCC(CNCC(C)(C)O)S3)[nH]c12. The van der Waals surface area contributed by atoms with Crippen molar-refractivity contribution in [2.75, 3.05) is 31.0 Å². The fourth-order valence-corrected chi connectivity index (χ4v) is 5.88. The van der Waals surface area contributed by atoms with Crippen LogP contribution in [0.1, 0.15) is 19.5 Å². The van der Waals surface area contributed by atoms with Crippen LogP contribution >= 0.6 is 11.8 Å². The van der Waals surface area contributed by atoms with E-state index in [1.807, 2.05) is 24.3 Å². The van der Waals surface area contributed by atoms with Crippen molar-refractivity contribution in [2.24, 2.45) is 4.99 Å². The van der Waals surface area contributed by atoms with Crippen LogP contribution in [0.25, 0.3) is 10.9 Å². The Morgan fingerprint density at radius 1 is 1.34 bits per heavy atom. The summed E-state index contributed by atoms with van der Waals surface area (Å²) in [5, 5.41) is 15.9. The molecule has 0 aliphatic carbocycles. The maximum atomic E-state index is 13.5. The molecule has 0 spiro atoms. The molecular formula is C23H29N5O2S2. The standard InChI is InChI=1S/C23H29N5O2S2/c1-23(2,29)15-24-13-17-14-26-22(31-17)18-12-16-8-7-9-19(21(16)27-18)28(3)32(4,30)20-10-5-6-11-25-20/h5-12,17,24,27,29H,4,13-15H2,1-3H3. The maximum absolute atomic E-state index is 13.5. The van der Waals surface area contributed by atoms with E-state index in [1.54, 1.807) is 55.3 Å². The normalized spacial score (nSPS) is 18.5. The van der Waals surface area contributed by atoms with E-state index < -0.39 is 15.3 Å². The Labute approximate surface area is 193 Å². The van der Waals surface area contributed by atoms with Gasteiger partial charge in [-0.05, 0) is 44.0 Å². The van der Waals surface area contributed by atoms with Crippen molar-refractivity contribution in [3.05, 3.63) is 54.4 Å². The lowest BCUT2D eigenvalue weighted by Gasteiger charge is -2.24. The van der Waals surface area contributed by atoms with Gasteiger partial charge < -0.3 is 15.4 Å². The monoisotopic (exact) mass is 471 g/mol. The number of hydrogen-bond acceptors (Lipinski definition) is 6. The number of benzene rings is 1. The van der Waals surface area contributed by atoms with Gasteiger partial charge in [0.05, 0.1) is 38.8 Å². The number of hydrogen-bond donors (Lipinski definition) is 3. The molecule has 2 aromatic heterocycles. The molecule has 0 saturated heterocycles. The lowest BCUT2D eigenvalue weighted by Crippen LogP contribution is -2.38. The molecule has 2 atom stereocenters. The molecule has 9 heteroatoms. The zero-order valence-electron chi connectivity index (χ0n) is 18.5. The van der Waals surface area contributed by atoms with Gasteiger partial charge in [-0.15, -0.1) is 0 Å². The van der Waals surface area contributed by atoms with Crippen molar-refractivity contribution in [2.45, 2.75) is 29.7 Å². The molecule has 32 heavy (non-hydrogen) atoms. The molecule has 1 aliphatic rings. The zero-order chi connectivity index (χ0) is 22.9. The molecule has 3 N–H and O–H groups in total. The van der Waals surface area contributed by atoms with E-state index >= 15 is 0 Å². The average Bonchev–Trinajstić information content (AvgIpc) is 3.39. The number of aliphatic imine (C=N–C) groups is 1. The van der Waals surface area contributed by atoms with Crippen LogP contribution in [0.2, 0.25) is 0 Å². The molecule has 3 heterocycles. The second kappa shape index (κ2) is 8.90. The molecule has 2 unspecified atom stereocenters. The van der Waals surface area contributed by atoms with Gasteiger partial charge >= 0.3 is 0 Å². The van der Waals surface area contributed by atoms with E-state index in [1.165, 1.54) is 0 Å². The highest BCUT2D eigenvalue weighted by molar-refractivity contribution is 8.15. The molecule has 0 radical (unpaired) electrons. The smallest absolute Gasteiger partial charge is 0.137 e. The van der Waals surface area contributed by atoms with Crippen molar-refractivity contribution < 1.29 is 9.32 Å². The number of thioether (sulfide) groups is 1. The summed E-state index contributed by atoms with van der Waals surface area (Å²) < 4.78 is 15.2. The third-order valence-electron chi connectivity index (χ3n) is 5.26. The molecule has 0 fully saturated rings. The third-order valence-corrected chi connectivity index (χ3v) is 8.46. The van der Waals surface area contributed by atoms with Crippen molar-refractivity contribution in [1.29, 1.82) is 0 Å². The number of nitrogens with one attached hydrogen (secondary N) is 2. The number of fused-ring (bicyclic) bond motifs is 1. The summed E-state index contributed by atoms with van der Waals surface area (Å²) in [6.45, 7) is 5.64. The highest BCUT2D eigenvalue weighted by atomic mass is 32.2. The lowest BCUT2D eigenvalue weighted by molar-refractivity contribution is 0.0801. The topological polar surface area (TPSA) is 93.6 Å². The Bertz CT molecular complexity index is 1230. The summed E-state index contributed by atoms with van der Waals surface area (Å²) >= 11 is 1.73. The molecule has 0 saturated carbocycles. The Morgan fingerprint density at radius 2 is 2.16 bits per heavy atom. The van der Waals surface area contributed by atoms with E-state index in [9.17, 15) is 9.32 Å². The number of anilines is 1. The van der Waals surface area contributed by atoms with Gasteiger partial charge in [0, 0.05) is 37.0 Å². The van der Waals surface area contributed by atoms with Crippen molar-refractivity contribution >= 4 is 49.0 Å². The second-order valence-electron chi connectivity index (χ2n) is 8.56. The summed E-state index contributed by atoms with van der Waals surface area (Å²) in [5.74, 6) is 3.99. The van der Waals surface area contributed by atoms with Gasteiger partial charge in [0.15, 0.2) is 0 Å². The van der Waals surface area contributed by atoms with Gasteiger partial charge in [-0.3, -0.25) is 9.30 Å². The van der Waals surface area contributed by atoms with E-state index in [-0.39, 0.29) is 0 Å². The van der Waals surface area contributed by atoms with Crippen LogP contribution in [0, 0.1) is 0 Å². The largest absolute Gasteiger partial charge is 0.389 e. The molecular weight excluding hydrogens is 442 g/mol. The fourth-order valence-electron chi connectivity index (χ4n) is 3.56. The molecule has 7 nitrogen and oxygen atoms in total. The quantitative estimate of drug-likeness (QED) is 0.439. The first-order valence-electron chi connectivity index (χ1n) is 10.4. The second-order valence-corrected chi connectivity index (χ2v) is 12.1. The number of aromatic nitrogens is 2. The first-order chi connectivity index (χ1) is 15.1. The van der Waals surface area contributed by atoms with Gasteiger partial charge in [0.1, 0.15) is 10.1 Å². The van der Waals surface area contributed by atoms with Crippen LogP contribution in [0.3, 0.4) is 0 Å². The van der Waals surface area contributed by atoms with E-state index in [2.05, 4.69) is 27.2 Å². The average molecular weight is 472 g/mol. The number of rotatable bonds is 8. The number of aromatic amines is 1. The Balaban J connectivity index is 1.54. The van der Waals surface area contributed by atoms with Crippen LogP contribution in [0.4, 0.5) is 5.69 Å². The van der Waals surface area contributed by atoms with Gasteiger partial charge in [0.2, 0.25) is 0 Å². The summed E-state index contributed by atoms with van der Waals surface area (Å²) in [4.78, 5) is 12.5. The van der Waals surface area contributed by atoms with E-state index in [0.717, 1.165) is 40.4 Å². The van der Waals surface area contributed by atoms with Crippen molar-refractivity contribution in [3.8, 4) is 0 Å². The van der Waals surface area contributed by atoms with Gasteiger partial charge in [-0.1, -0.05) is 30.0 Å². The molecule has 3 aromatic rings. The van der Waals surface area contributed by atoms with Gasteiger partial charge in [-0.2, -0.15) is 0 Å². The Hall–Kier alpha value is -2.33. The van der Waals surface area contributed by atoms with Crippen molar-refractivity contribution in [1.82, 2.24) is 15.3 Å². The zero-order valence-corrected chi connectivity index (χ0v) is 20.2. The molecule has 4 rings (SSSR count). The van der Waals surface area contributed by atoms with Crippen molar-refractivity contribution in [3.63, 3.8) is 0 Å². The maximum Gasteiger partial charge on any atom is 0.137 e. The number of nitrogens with zero attached hydrogens (tertiary/aromatic N) is 3. The molecule has 170 valence electrons. The number of pyridine rings is 1. The van der Waals surface area contributed by atoms with Crippen LogP contribution < -0.4 is 9.62 Å². The summed E-state index contributed by atoms with van der Waals surface area (Å²) in [7, 11) is -1.00. The molecule has 0 amide bonds. The summed E-state index contributed by atoms with van der Waals surface area (Å²) in [6.07, 6.45) is 1.63. The number of H-pyrrole nitrogens is 1. The Morgan fingerprint density at radius 3 is 2.88 bits per heavy atom. The first-order valence-corrected chi connectivity index (χ1v) is 13.0. The number of aliphatic hydroxyl groups is 1. The van der Waals surface area contributed by atoms with E-state index in [4.69, 9.17) is 4.99 Å². The third kappa shape index (κ3) is 4.85. The highest BCUT2D eigenvalue weighted by Gasteiger charge is 2.24.